The molecule has 1 N–H and O–H groups in total. The van der Waals surface area contributed by atoms with Crippen LogP contribution < -0.4 is 10.1 Å². The molecule has 0 aliphatic carbocycles. The van der Waals surface area contributed by atoms with Gasteiger partial charge in [0.1, 0.15) is 5.75 Å². The van der Waals surface area contributed by atoms with E-state index in [4.69, 9.17) is 4.74 Å². The van der Waals surface area contributed by atoms with Crippen molar-refractivity contribution in [2.45, 2.75) is 26.4 Å². The molecule has 0 aliphatic heterocycles. The number of benzene rings is 1. The summed E-state index contributed by atoms with van der Waals surface area (Å²) in [7, 11) is 4.64. The number of rotatable bonds is 5. The van der Waals surface area contributed by atoms with Gasteiger partial charge in [-0.3, -0.25) is 15.0 Å². The number of nitrogens with one attached hydrogen (secondary N) is 1. The second kappa shape index (κ2) is 7.64. The Hall–Kier alpha value is -2.08. The number of hydrogen-bond donors (Lipinski definition) is 1. The molecule has 1 aromatic carbocycles. The van der Waals surface area contributed by atoms with E-state index in [0.717, 1.165) is 16.9 Å². The summed E-state index contributed by atoms with van der Waals surface area (Å²) in [6.07, 6.45) is -0.756. The lowest BCUT2D eigenvalue weighted by molar-refractivity contribution is -0.124. The molecule has 1 aromatic rings. The maximum absolute atomic E-state index is 11.9. The van der Waals surface area contributed by atoms with Crippen LogP contribution in [0.1, 0.15) is 18.1 Å². The highest BCUT2D eigenvalue weighted by molar-refractivity contribution is 5.94. The molecule has 0 saturated heterocycles. The van der Waals surface area contributed by atoms with Crippen molar-refractivity contribution in [2.75, 3.05) is 21.3 Å². The lowest BCUT2D eigenvalue weighted by Crippen LogP contribution is -2.45. The number of methoxy groups -OCH3 is 2. The number of hydrogen-bond acceptors (Lipinski definition) is 5. The Labute approximate surface area is 125 Å². The second-order valence-corrected chi connectivity index (χ2v) is 4.89. The summed E-state index contributed by atoms with van der Waals surface area (Å²) in [5.41, 5.74) is 2.10. The normalized spacial score (nSPS) is 11.9. The summed E-state index contributed by atoms with van der Waals surface area (Å²) in [5, 5.41) is 2.16. The number of likely N-dealkylation sites (N-methyl/N-ethyl adjacent to an activating group) is 1. The van der Waals surface area contributed by atoms with Crippen LogP contribution in [0.2, 0.25) is 0 Å². The van der Waals surface area contributed by atoms with E-state index in [0.29, 0.717) is 6.54 Å². The summed E-state index contributed by atoms with van der Waals surface area (Å²) in [6.45, 7) is 4.25. The molecule has 1 atom stereocenters. The molecule has 116 valence electrons. The van der Waals surface area contributed by atoms with Crippen molar-refractivity contribution in [2.24, 2.45) is 0 Å². The molecule has 6 nitrogen and oxygen atoms in total. The van der Waals surface area contributed by atoms with Crippen molar-refractivity contribution in [3.63, 3.8) is 0 Å². The van der Waals surface area contributed by atoms with E-state index >= 15 is 0 Å². The lowest BCUT2D eigenvalue weighted by atomic mass is 10.1. The summed E-state index contributed by atoms with van der Waals surface area (Å²) < 4.78 is 9.73. The summed E-state index contributed by atoms with van der Waals surface area (Å²) in [4.78, 5) is 24.8. The van der Waals surface area contributed by atoms with E-state index in [1.807, 2.05) is 37.1 Å². The predicted molar refractivity (Wildman–Crippen MR) is 79.2 cm³/mol. The molecule has 1 rings (SSSR count). The van der Waals surface area contributed by atoms with Crippen LogP contribution in [0.15, 0.2) is 18.2 Å². The molecule has 0 fully saturated rings. The Bertz CT molecular complexity index is 516. The number of aryl methyl sites for hydroxylation is 1. The van der Waals surface area contributed by atoms with Gasteiger partial charge in [-0.05, 0) is 27.0 Å². The fourth-order valence-electron chi connectivity index (χ4n) is 1.89. The van der Waals surface area contributed by atoms with Crippen LogP contribution in [-0.2, 0) is 16.1 Å². The number of nitrogens with zero attached hydrogens (tertiary/aromatic N) is 1. The predicted octanol–water partition coefficient (Wildman–Crippen LogP) is 1.71. The molecule has 0 radical (unpaired) electrons. The first-order valence-corrected chi connectivity index (χ1v) is 6.61. The van der Waals surface area contributed by atoms with Crippen LogP contribution in [0.4, 0.5) is 4.79 Å². The zero-order valence-corrected chi connectivity index (χ0v) is 13.1. The Morgan fingerprint density at radius 3 is 2.57 bits per heavy atom. The van der Waals surface area contributed by atoms with E-state index in [1.165, 1.54) is 7.11 Å². The molecule has 0 saturated carbocycles. The minimum atomic E-state index is -0.756. The zero-order chi connectivity index (χ0) is 16.0. The van der Waals surface area contributed by atoms with Gasteiger partial charge in [0.2, 0.25) is 5.91 Å². The van der Waals surface area contributed by atoms with Crippen LogP contribution in [0.3, 0.4) is 0 Å². The van der Waals surface area contributed by atoms with Crippen molar-refractivity contribution in [1.29, 1.82) is 0 Å². The highest BCUT2D eigenvalue weighted by Crippen LogP contribution is 2.21. The van der Waals surface area contributed by atoms with Gasteiger partial charge in [0, 0.05) is 12.1 Å². The van der Waals surface area contributed by atoms with Gasteiger partial charge in [-0.1, -0.05) is 17.7 Å². The number of amides is 2. The molecule has 2 amide bonds. The van der Waals surface area contributed by atoms with E-state index in [2.05, 4.69) is 10.1 Å². The van der Waals surface area contributed by atoms with Gasteiger partial charge in [0.05, 0.1) is 20.3 Å². The van der Waals surface area contributed by atoms with E-state index in [1.54, 1.807) is 14.0 Å². The fourth-order valence-corrected chi connectivity index (χ4v) is 1.89. The Morgan fingerprint density at radius 1 is 1.33 bits per heavy atom. The quantitative estimate of drug-likeness (QED) is 0.895. The fraction of sp³-hybridized carbons (Fsp3) is 0.467. The third-order valence-electron chi connectivity index (χ3n) is 3.31. The van der Waals surface area contributed by atoms with Gasteiger partial charge in [0.25, 0.3) is 0 Å². The number of ether oxygens (including phenoxy) is 2. The molecule has 21 heavy (non-hydrogen) atoms. The molecule has 0 unspecified atom stereocenters. The molecular formula is C15H22N2O4. The lowest BCUT2D eigenvalue weighted by Gasteiger charge is -2.24. The van der Waals surface area contributed by atoms with Gasteiger partial charge in [-0.25, -0.2) is 4.79 Å². The van der Waals surface area contributed by atoms with Crippen LogP contribution in [-0.4, -0.2) is 44.2 Å². The minimum absolute atomic E-state index is 0.407. The molecule has 0 spiro atoms. The van der Waals surface area contributed by atoms with Gasteiger partial charge in [-0.15, -0.1) is 0 Å². The first-order chi connectivity index (χ1) is 9.88. The topological polar surface area (TPSA) is 67.9 Å². The van der Waals surface area contributed by atoms with E-state index in [-0.39, 0.29) is 0 Å². The van der Waals surface area contributed by atoms with Gasteiger partial charge >= 0.3 is 6.09 Å². The van der Waals surface area contributed by atoms with Crippen molar-refractivity contribution < 1.29 is 19.1 Å². The monoisotopic (exact) mass is 294 g/mol. The highest BCUT2D eigenvalue weighted by atomic mass is 16.5. The van der Waals surface area contributed by atoms with Crippen LogP contribution in [0.25, 0.3) is 0 Å². The maximum atomic E-state index is 11.9. The summed E-state index contributed by atoms with van der Waals surface area (Å²) in [6, 6.07) is 5.41. The van der Waals surface area contributed by atoms with Gasteiger partial charge < -0.3 is 9.47 Å². The maximum Gasteiger partial charge on any atom is 0.413 e. The number of alkyl carbamates (subject to hydrolysis) is 1. The van der Waals surface area contributed by atoms with Crippen molar-refractivity contribution in [1.82, 2.24) is 10.2 Å². The zero-order valence-electron chi connectivity index (χ0n) is 13.1. The Morgan fingerprint density at radius 2 is 2.00 bits per heavy atom. The highest BCUT2D eigenvalue weighted by Gasteiger charge is 2.21. The number of carbonyl (C=O) groups excluding carboxylic acids is 2. The molecule has 0 aliphatic rings. The first kappa shape index (κ1) is 17.0. The standard InChI is InChI=1S/C15H22N2O4/c1-10-6-7-13(20-4)12(8-10)9-17(3)11(2)14(18)16-15(19)21-5/h6-8,11H,9H2,1-5H3,(H,16,18,19)/t11-/m0/s1. The molecular weight excluding hydrogens is 272 g/mol. The Kier molecular flexibility index (Phi) is 6.17. The first-order valence-electron chi connectivity index (χ1n) is 6.61. The summed E-state index contributed by atoms with van der Waals surface area (Å²) >= 11 is 0. The third-order valence-corrected chi connectivity index (χ3v) is 3.31. The molecule has 0 bridgehead atoms. The van der Waals surface area contributed by atoms with Crippen LogP contribution in [0.5, 0.6) is 5.75 Å². The average molecular weight is 294 g/mol. The second-order valence-electron chi connectivity index (χ2n) is 4.89. The van der Waals surface area contributed by atoms with Crippen LogP contribution in [0, 0.1) is 6.92 Å². The van der Waals surface area contributed by atoms with Crippen molar-refractivity contribution in [3.05, 3.63) is 29.3 Å². The summed E-state index contributed by atoms with van der Waals surface area (Å²) in [5.74, 6) is 0.365. The van der Waals surface area contributed by atoms with Crippen LogP contribution >= 0.6 is 0 Å². The Balaban J connectivity index is 2.76. The SMILES string of the molecule is COC(=O)NC(=O)[C@H](C)N(C)Cc1cc(C)ccc1OC. The minimum Gasteiger partial charge on any atom is -0.496 e. The molecule has 6 heteroatoms. The van der Waals surface area contributed by atoms with Gasteiger partial charge in [0.15, 0.2) is 0 Å². The van der Waals surface area contributed by atoms with Crippen molar-refractivity contribution in [3.8, 4) is 5.75 Å². The largest absolute Gasteiger partial charge is 0.496 e. The van der Waals surface area contributed by atoms with Crippen molar-refractivity contribution >= 4 is 12.0 Å². The number of carbonyl (C=O) groups is 2. The number of imide groups is 1. The molecule has 0 aromatic heterocycles. The molecule has 0 heterocycles. The smallest absolute Gasteiger partial charge is 0.413 e. The third kappa shape index (κ3) is 4.75. The van der Waals surface area contributed by atoms with Gasteiger partial charge in [-0.2, -0.15) is 0 Å². The van der Waals surface area contributed by atoms with E-state index < -0.39 is 18.0 Å². The van der Waals surface area contributed by atoms with E-state index in [9.17, 15) is 9.59 Å². The average Bonchev–Trinajstić information content (AvgIpc) is 2.46.